The van der Waals surface area contributed by atoms with Gasteiger partial charge in [0, 0.05) is 6.42 Å². The first-order chi connectivity index (χ1) is 6.24. The lowest BCUT2D eigenvalue weighted by molar-refractivity contribution is 0.249. The van der Waals surface area contributed by atoms with Crippen LogP contribution in [-0.2, 0) is 6.42 Å². The van der Waals surface area contributed by atoms with Gasteiger partial charge in [-0.25, -0.2) is 25.4 Å². The minimum Gasteiger partial charge on any atom is -0.350 e. The third-order valence-electron chi connectivity index (χ3n) is 1.42. The zero-order valence-corrected chi connectivity index (χ0v) is 7.03. The van der Waals surface area contributed by atoms with Gasteiger partial charge in [-0.2, -0.15) is 0 Å². The number of hydrazine groups is 1. The molecule has 1 aromatic heterocycles. The molecule has 72 valence electrons. The van der Waals surface area contributed by atoms with E-state index in [1.807, 2.05) is 0 Å². The quantitative estimate of drug-likeness (QED) is 0.427. The fourth-order valence-electron chi connectivity index (χ4n) is 0.871. The first-order valence-electron chi connectivity index (χ1n) is 3.77. The number of hydrogen-bond acceptors (Lipinski definition) is 4. The predicted octanol–water partition coefficient (Wildman–Crippen LogP) is -1.49. The summed E-state index contributed by atoms with van der Waals surface area (Å²) in [6, 6.07) is -0.660. The topological polar surface area (TPSA) is 111 Å². The Morgan fingerprint density at radius 2 is 2.46 bits per heavy atom. The lowest BCUT2D eigenvalue weighted by Crippen LogP contribution is -2.39. The monoisotopic (exact) mass is 184 g/mol. The number of imidazole rings is 1. The average molecular weight is 184 g/mol. The van der Waals surface area contributed by atoms with Gasteiger partial charge in [-0.15, -0.1) is 0 Å². The van der Waals surface area contributed by atoms with Gasteiger partial charge in [0.1, 0.15) is 6.33 Å². The molecule has 0 fully saturated rings. The second kappa shape index (κ2) is 4.31. The van der Waals surface area contributed by atoms with Crippen LogP contribution in [0.3, 0.4) is 0 Å². The Morgan fingerprint density at radius 3 is 3.08 bits per heavy atom. The molecule has 1 rings (SSSR count). The number of primary amides is 1. The highest BCUT2D eigenvalue weighted by atomic mass is 16.2. The SMILES string of the molecule is NCCc1cncn1NNC(N)=O. The summed E-state index contributed by atoms with van der Waals surface area (Å²) in [6.45, 7) is 0.518. The molecule has 6 N–H and O–H groups in total. The Morgan fingerprint density at radius 1 is 1.69 bits per heavy atom. The minimum atomic E-state index is -0.660. The van der Waals surface area contributed by atoms with E-state index in [1.165, 1.54) is 11.0 Å². The standard InChI is InChI=1S/C6H12N6O/c7-2-1-5-3-9-4-12(5)11-10-6(8)13/h3-4,11H,1-2,7H2,(H3,8,10,13). The van der Waals surface area contributed by atoms with Gasteiger partial charge in [0.2, 0.25) is 0 Å². The summed E-state index contributed by atoms with van der Waals surface area (Å²) in [5.74, 6) is 0. The molecule has 0 spiro atoms. The third kappa shape index (κ3) is 2.64. The molecule has 7 heteroatoms. The van der Waals surface area contributed by atoms with Gasteiger partial charge < -0.3 is 11.5 Å². The first-order valence-corrected chi connectivity index (χ1v) is 3.77. The molecule has 1 heterocycles. The highest BCUT2D eigenvalue weighted by Crippen LogP contribution is 1.95. The van der Waals surface area contributed by atoms with Crippen LogP contribution in [0.25, 0.3) is 0 Å². The molecule has 0 aromatic carbocycles. The molecule has 0 atom stereocenters. The zero-order valence-electron chi connectivity index (χ0n) is 7.03. The summed E-state index contributed by atoms with van der Waals surface area (Å²) in [5.41, 5.74) is 15.9. The van der Waals surface area contributed by atoms with Gasteiger partial charge in [-0.3, -0.25) is 0 Å². The van der Waals surface area contributed by atoms with Crippen LogP contribution >= 0.6 is 0 Å². The van der Waals surface area contributed by atoms with E-state index in [9.17, 15) is 4.79 Å². The number of nitrogens with zero attached hydrogens (tertiary/aromatic N) is 2. The van der Waals surface area contributed by atoms with E-state index >= 15 is 0 Å². The van der Waals surface area contributed by atoms with Crippen molar-refractivity contribution in [3.05, 3.63) is 18.2 Å². The van der Waals surface area contributed by atoms with Crippen molar-refractivity contribution in [2.24, 2.45) is 11.5 Å². The van der Waals surface area contributed by atoms with E-state index in [2.05, 4.69) is 15.9 Å². The summed E-state index contributed by atoms with van der Waals surface area (Å²) < 4.78 is 1.54. The van der Waals surface area contributed by atoms with Gasteiger partial charge in [0.15, 0.2) is 0 Å². The van der Waals surface area contributed by atoms with E-state index in [-0.39, 0.29) is 0 Å². The Labute approximate surface area is 75.0 Å². The van der Waals surface area contributed by atoms with Crippen molar-refractivity contribution < 1.29 is 4.79 Å². The number of carbonyl (C=O) groups is 1. The number of hydrogen-bond donors (Lipinski definition) is 4. The van der Waals surface area contributed by atoms with Crippen LogP contribution in [0.5, 0.6) is 0 Å². The summed E-state index contributed by atoms with van der Waals surface area (Å²) in [4.78, 5) is 14.2. The van der Waals surface area contributed by atoms with Crippen molar-refractivity contribution in [3.8, 4) is 0 Å². The molecular formula is C6H12N6O. The Bertz CT molecular complexity index is 282. The van der Waals surface area contributed by atoms with Crippen molar-refractivity contribution in [2.75, 3.05) is 12.1 Å². The summed E-state index contributed by atoms with van der Waals surface area (Å²) >= 11 is 0. The molecular weight excluding hydrogens is 172 g/mol. The van der Waals surface area contributed by atoms with Crippen LogP contribution in [0.15, 0.2) is 12.5 Å². The summed E-state index contributed by atoms with van der Waals surface area (Å²) in [7, 11) is 0. The first kappa shape index (κ1) is 9.33. The number of aromatic nitrogens is 2. The van der Waals surface area contributed by atoms with E-state index in [0.717, 1.165) is 5.69 Å². The smallest absolute Gasteiger partial charge is 0.332 e. The lowest BCUT2D eigenvalue weighted by Gasteiger charge is -2.09. The molecule has 0 radical (unpaired) electrons. The molecule has 0 aliphatic carbocycles. The maximum atomic E-state index is 10.4. The summed E-state index contributed by atoms with van der Waals surface area (Å²) in [6.07, 6.45) is 3.84. The van der Waals surface area contributed by atoms with Gasteiger partial charge in [-0.05, 0) is 6.54 Å². The molecule has 0 saturated heterocycles. The van der Waals surface area contributed by atoms with Crippen LogP contribution < -0.4 is 22.4 Å². The predicted molar refractivity (Wildman–Crippen MR) is 47.1 cm³/mol. The molecule has 0 aliphatic heterocycles. The number of nitrogens with one attached hydrogen (secondary N) is 2. The Balaban J connectivity index is 2.54. The normalized spacial score (nSPS) is 9.62. The maximum Gasteiger partial charge on any atom is 0.332 e. The number of nitrogens with two attached hydrogens (primary N) is 2. The summed E-state index contributed by atoms with van der Waals surface area (Å²) in [5, 5.41) is 0. The van der Waals surface area contributed by atoms with Crippen LogP contribution in [-0.4, -0.2) is 22.2 Å². The van der Waals surface area contributed by atoms with Crippen LogP contribution in [0, 0.1) is 0 Å². The Kier molecular flexibility index (Phi) is 3.09. The van der Waals surface area contributed by atoms with E-state index in [1.54, 1.807) is 6.20 Å². The fourth-order valence-corrected chi connectivity index (χ4v) is 0.871. The van der Waals surface area contributed by atoms with E-state index in [4.69, 9.17) is 11.5 Å². The number of carbonyl (C=O) groups excluding carboxylic acids is 1. The number of rotatable bonds is 4. The minimum absolute atomic E-state index is 0.518. The van der Waals surface area contributed by atoms with E-state index < -0.39 is 6.03 Å². The number of amides is 2. The zero-order chi connectivity index (χ0) is 9.68. The molecule has 0 bridgehead atoms. The van der Waals surface area contributed by atoms with Crippen molar-refractivity contribution in [3.63, 3.8) is 0 Å². The van der Waals surface area contributed by atoms with E-state index in [0.29, 0.717) is 13.0 Å². The number of urea groups is 1. The van der Waals surface area contributed by atoms with Gasteiger partial charge in [0.05, 0.1) is 11.9 Å². The Hall–Kier alpha value is -1.76. The fraction of sp³-hybridized carbons (Fsp3) is 0.333. The second-order valence-corrected chi connectivity index (χ2v) is 2.39. The average Bonchev–Trinajstić information content (AvgIpc) is 2.49. The van der Waals surface area contributed by atoms with Crippen molar-refractivity contribution in [1.82, 2.24) is 15.1 Å². The van der Waals surface area contributed by atoms with Crippen LogP contribution in [0.2, 0.25) is 0 Å². The van der Waals surface area contributed by atoms with Crippen LogP contribution in [0.4, 0.5) is 4.79 Å². The lowest BCUT2D eigenvalue weighted by atomic mass is 10.3. The molecule has 13 heavy (non-hydrogen) atoms. The largest absolute Gasteiger partial charge is 0.350 e. The molecule has 1 aromatic rings. The van der Waals surface area contributed by atoms with Gasteiger partial charge in [-0.1, -0.05) is 0 Å². The molecule has 0 saturated carbocycles. The molecule has 2 amide bonds. The van der Waals surface area contributed by atoms with Crippen molar-refractivity contribution in [2.45, 2.75) is 6.42 Å². The second-order valence-electron chi connectivity index (χ2n) is 2.39. The maximum absolute atomic E-state index is 10.4. The molecule has 0 aliphatic rings. The molecule has 0 unspecified atom stereocenters. The van der Waals surface area contributed by atoms with Gasteiger partial charge in [0.25, 0.3) is 0 Å². The van der Waals surface area contributed by atoms with Gasteiger partial charge >= 0.3 is 6.03 Å². The molecule has 7 nitrogen and oxygen atoms in total. The highest BCUT2D eigenvalue weighted by molar-refractivity contribution is 5.71. The highest BCUT2D eigenvalue weighted by Gasteiger charge is 1.99. The van der Waals surface area contributed by atoms with Crippen LogP contribution in [0.1, 0.15) is 5.69 Å². The van der Waals surface area contributed by atoms with Crippen molar-refractivity contribution in [1.29, 1.82) is 0 Å². The van der Waals surface area contributed by atoms with Crippen molar-refractivity contribution >= 4 is 6.03 Å². The third-order valence-corrected chi connectivity index (χ3v) is 1.42.